The molecule has 0 aliphatic carbocycles. The first-order chi connectivity index (χ1) is 11.8. The van der Waals surface area contributed by atoms with E-state index in [2.05, 4.69) is 59.6 Å². The van der Waals surface area contributed by atoms with Gasteiger partial charge in [-0.05, 0) is 29.4 Å². The van der Waals surface area contributed by atoms with Gasteiger partial charge in [0.05, 0.1) is 26.2 Å². The zero-order valence-electron chi connectivity index (χ0n) is 14.6. The van der Waals surface area contributed by atoms with Crippen molar-refractivity contribution < 1.29 is 4.90 Å². The molecule has 0 saturated carbocycles. The van der Waals surface area contributed by atoms with Crippen LogP contribution in [0.25, 0.3) is 10.8 Å². The highest BCUT2D eigenvalue weighted by Crippen LogP contribution is 2.17. The molecule has 0 bridgehead atoms. The third-order valence-corrected chi connectivity index (χ3v) is 5.29. The number of hydrogen-bond donors (Lipinski definition) is 2. The van der Waals surface area contributed by atoms with Crippen LogP contribution in [0.15, 0.2) is 42.5 Å². The van der Waals surface area contributed by atoms with E-state index >= 15 is 0 Å². The summed E-state index contributed by atoms with van der Waals surface area (Å²) in [5, 5.41) is 7.06. The van der Waals surface area contributed by atoms with Crippen molar-refractivity contribution in [1.29, 1.82) is 0 Å². The minimum atomic E-state index is 0.938. The molecule has 1 aliphatic heterocycles. The van der Waals surface area contributed by atoms with Crippen LogP contribution in [0.3, 0.4) is 0 Å². The van der Waals surface area contributed by atoms with E-state index in [0.29, 0.717) is 0 Å². The SMILES string of the molecule is CCCCNC(=S)N1CC[NH+](Cc2cccc3ccccc23)CC1. The van der Waals surface area contributed by atoms with Crippen molar-refractivity contribution in [2.75, 3.05) is 32.7 Å². The fourth-order valence-corrected chi connectivity index (χ4v) is 3.69. The minimum Gasteiger partial charge on any atom is -0.363 e. The third-order valence-electron chi connectivity index (χ3n) is 4.88. The van der Waals surface area contributed by atoms with Gasteiger partial charge in [0.2, 0.25) is 0 Å². The highest BCUT2D eigenvalue weighted by atomic mass is 32.1. The van der Waals surface area contributed by atoms with Crippen molar-refractivity contribution in [1.82, 2.24) is 10.2 Å². The lowest BCUT2D eigenvalue weighted by Gasteiger charge is -2.34. The molecule has 0 amide bonds. The standard InChI is InChI=1S/C20H27N3S/c1-2-3-11-21-20(24)23-14-12-22(13-15-23)16-18-9-6-8-17-7-4-5-10-19(17)18/h4-10H,2-3,11-16H2,1H3,(H,21,24)/p+1. The predicted octanol–water partition coefficient (Wildman–Crippen LogP) is 2.21. The Morgan fingerprint density at radius 2 is 1.88 bits per heavy atom. The maximum absolute atomic E-state index is 5.52. The molecule has 2 N–H and O–H groups in total. The van der Waals surface area contributed by atoms with Gasteiger partial charge in [0, 0.05) is 12.1 Å². The van der Waals surface area contributed by atoms with Crippen LogP contribution in [-0.2, 0) is 6.54 Å². The molecule has 0 atom stereocenters. The van der Waals surface area contributed by atoms with E-state index in [1.165, 1.54) is 29.2 Å². The zero-order valence-corrected chi connectivity index (χ0v) is 15.4. The second-order valence-electron chi connectivity index (χ2n) is 6.64. The average molecular weight is 343 g/mol. The summed E-state index contributed by atoms with van der Waals surface area (Å²) in [6.07, 6.45) is 2.39. The molecule has 128 valence electrons. The average Bonchev–Trinajstić information content (AvgIpc) is 2.63. The second kappa shape index (κ2) is 8.45. The normalized spacial score (nSPS) is 15.6. The number of nitrogens with zero attached hydrogens (tertiary/aromatic N) is 1. The van der Waals surface area contributed by atoms with Crippen LogP contribution in [0.5, 0.6) is 0 Å². The molecule has 4 heteroatoms. The van der Waals surface area contributed by atoms with E-state index in [1.54, 1.807) is 4.90 Å². The topological polar surface area (TPSA) is 19.7 Å². The Labute approximate surface area is 150 Å². The zero-order chi connectivity index (χ0) is 16.8. The Hall–Kier alpha value is -1.65. The Morgan fingerprint density at radius 1 is 1.12 bits per heavy atom. The lowest BCUT2D eigenvalue weighted by molar-refractivity contribution is -0.917. The van der Waals surface area contributed by atoms with Crippen molar-refractivity contribution in [3.63, 3.8) is 0 Å². The Kier molecular flexibility index (Phi) is 6.05. The first-order valence-electron chi connectivity index (χ1n) is 9.11. The van der Waals surface area contributed by atoms with Crippen LogP contribution < -0.4 is 10.2 Å². The predicted molar refractivity (Wildman–Crippen MR) is 105 cm³/mol. The highest BCUT2D eigenvalue weighted by Gasteiger charge is 2.22. The number of benzene rings is 2. The molecular formula is C20H28N3S+. The van der Waals surface area contributed by atoms with Crippen LogP contribution in [0.2, 0.25) is 0 Å². The number of hydrogen-bond acceptors (Lipinski definition) is 1. The van der Waals surface area contributed by atoms with Gasteiger partial charge in [-0.1, -0.05) is 55.8 Å². The number of quaternary nitrogens is 1. The number of rotatable bonds is 5. The van der Waals surface area contributed by atoms with E-state index in [1.807, 2.05) is 0 Å². The van der Waals surface area contributed by atoms with Crippen molar-refractivity contribution in [2.24, 2.45) is 0 Å². The fraction of sp³-hybridized carbons (Fsp3) is 0.450. The fourth-order valence-electron chi connectivity index (χ4n) is 3.40. The molecule has 24 heavy (non-hydrogen) atoms. The quantitative estimate of drug-likeness (QED) is 0.642. The van der Waals surface area contributed by atoms with Gasteiger partial charge >= 0.3 is 0 Å². The van der Waals surface area contributed by atoms with Gasteiger partial charge in [-0.25, -0.2) is 0 Å². The van der Waals surface area contributed by atoms with Crippen LogP contribution in [0.1, 0.15) is 25.3 Å². The summed E-state index contributed by atoms with van der Waals surface area (Å²) < 4.78 is 0. The maximum atomic E-state index is 5.52. The summed E-state index contributed by atoms with van der Waals surface area (Å²) in [6.45, 7) is 8.72. The molecule has 0 spiro atoms. The van der Waals surface area contributed by atoms with Crippen molar-refractivity contribution >= 4 is 28.1 Å². The van der Waals surface area contributed by atoms with Gasteiger partial charge in [-0.15, -0.1) is 0 Å². The molecule has 0 unspecified atom stereocenters. The van der Waals surface area contributed by atoms with Gasteiger partial charge in [-0.2, -0.15) is 0 Å². The Balaban J connectivity index is 1.54. The van der Waals surface area contributed by atoms with Crippen molar-refractivity contribution in [3.05, 3.63) is 48.0 Å². The van der Waals surface area contributed by atoms with Gasteiger partial charge < -0.3 is 15.1 Å². The van der Waals surface area contributed by atoms with Crippen LogP contribution in [0, 0.1) is 0 Å². The maximum Gasteiger partial charge on any atom is 0.169 e. The van der Waals surface area contributed by atoms with E-state index < -0.39 is 0 Å². The first kappa shape index (κ1) is 17.2. The molecule has 0 aromatic heterocycles. The molecule has 1 aliphatic rings. The van der Waals surface area contributed by atoms with Gasteiger partial charge in [0.25, 0.3) is 0 Å². The van der Waals surface area contributed by atoms with E-state index in [0.717, 1.165) is 44.4 Å². The number of nitrogens with one attached hydrogen (secondary N) is 2. The van der Waals surface area contributed by atoms with Crippen molar-refractivity contribution in [3.8, 4) is 0 Å². The minimum absolute atomic E-state index is 0.938. The van der Waals surface area contributed by atoms with Gasteiger partial charge in [0.1, 0.15) is 6.54 Å². The lowest BCUT2D eigenvalue weighted by atomic mass is 10.0. The third kappa shape index (κ3) is 4.25. The summed E-state index contributed by atoms with van der Waals surface area (Å²) in [5.41, 5.74) is 1.46. The second-order valence-corrected chi connectivity index (χ2v) is 7.02. The molecule has 0 radical (unpaired) electrons. The molecule has 3 nitrogen and oxygen atoms in total. The Bertz CT molecular complexity index is 672. The number of unbranched alkanes of at least 4 members (excludes halogenated alkanes) is 1. The van der Waals surface area contributed by atoms with E-state index in [-0.39, 0.29) is 0 Å². The van der Waals surface area contributed by atoms with Crippen LogP contribution >= 0.6 is 12.2 Å². The summed E-state index contributed by atoms with van der Waals surface area (Å²) in [4.78, 5) is 3.98. The molecule has 3 rings (SSSR count). The van der Waals surface area contributed by atoms with Gasteiger partial charge in [0.15, 0.2) is 5.11 Å². The number of fused-ring (bicyclic) bond motifs is 1. The summed E-state index contributed by atoms with van der Waals surface area (Å²) >= 11 is 5.52. The van der Waals surface area contributed by atoms with E-state index in [9.17, 15) is 0 Å². The summed E-state index contributed by atoms with van der Waals surface area (Å²) in [5.74, 6) is 0. The summed E-state index contributed by atoms with van der Waals surface area (Å²) in [7, 11) is 0. The first-order valence-corrected chi connectivity index (χ1v) is 9.51. The van der Waals surface area contributed by atoms with E-state index in [4.69, 9.17) is 12.2 Å². The summed E-state index contributed by atoms with van der Waals surface area (Å²) in [6, 6.07) is 15.4. The largest absolute Gasteiger partial charge is 0.363 e. The number of piperazine rings is 1. The molecule has 1 saturated heterocycles. The number of thiocarbonyl (C=S) groups is 1. The smallest absolute Gasteiger partial charge is 0.169 e. The lowest BCUT2D eigenvalue weighted by Crippen LogP contribution is -3.13. The monoisotopic (exact) mass is 342 g/mol. The molecule has 1 heterocycles. The molecule has 2 aromatic carbocycles. The highest BCUT2D eigenvalue weighted by molar-refractivity contribution is 7.80. The van der Waals surface area contributed by atoms with Crippen molar-refractivity contribution in [2.45, 2.75) is 26.3 Å². The Morgan fingerprint density at radius 3 is 2.67 bits per heavy atom. The molecule has 2 aromatic rings. The van der Waals surface area contributed by atoms with Crippen LogP contribution in [0.4, 0.5) is 0 Å². The van der Waals surface area contributed by atoms with Gasteiger partial charge in [-0.3, -0.25) is 0 Å². The molecule has 1 fully saturated rings. The molecular weight excluding hydrogens is 314 g/mol. The van der Waals surface area contributed by atoms with Crippen LogP contribution in [-0.4, -0.2) is 42.7 Å².